The van der Waals surface area contributed by atoms with Gasteiger partial charge < -0.3 is 5.11 Å². The van der Waals surface area contributed by atoms with Gasteiger partial charge in [0.05, 0.1) is 23.5 Å². The Morgan fingerprint density at radius 2 is 1.43 bits per heavy atom. The molecule has 0 bridgehead atoms. The van der Waals surface area contributed by atoms with E-state index in [1.54, 1.807) is 18.3 Å². The van der Waals surface area contributed by atoms with Crippen LogP contribution in [0.15, 0.2) is 133 Å². The van der Waals surface area contributed by atoms with Crippen LogP contribution in [0.4, 0.5) is 0 Å². The number of rotatable bonds is 7. The number of phenols is 1. The van der Waals surface area contributed by atoms with Crippen molar-refractivity contribution in [2.24, 2.45) is 0 Å². The van der Waals surface area contributed by atoms with Gasteiger partial charge in [-0.1, -0.05) is 151 Å². The number of phenolic OH excluding ortho intramolecular Hbond substituents is 1. The zero-order valence-electron chi connectivity index (χ0n) is 41.9. The molecular formula is C55H54N3OPt-. The Bertz CT molecular complexity index is 3180. The van der Waals surface area contributed by atoms with Crippen LogP contribution in [0.25, 0.3) is 72.7 Å². The first-order valence-electron chi connectivity index (χ1n) is 23.1. The summed E-state index contributed by atoms with van der Waals surface area (Å²) in [5, 5.41) is 11.8. The largest absolute Gasteiger partial charge is 0.507 e. The Morgan fingerprint density at radius 3 is 2.15 bits per heavy atom. The van der Waals surface area contributed by atoms with E-state index in [2.05, 4.69) is 101 Å². The molecule has 5 heteroatoms. The number of imidazole rings is 1. The van der Waals surface area contributed by atoms with E-state index in [1.807, 2.05) is 64.1 Å². The second-order valence-electron chi connectivity index (χ2n) is 17.8. The molecule has 2 heterocycles. The van der Waals surface area contributed by atoms with Crippen LogP contribution in [-0.4, -0.2) is 19.6 Å². The molecule has 8 rings (SSSR count). The first-order valence-corrected chi connectivity index (χ1v) is 20.1. The molecule has 0 saturated carbocycles. The second kappa shape index (κ2) is 16.5. The molecular weight excluding hydrogens is 914 g/mol. The van der Waals surface area contributed by atoms with Crippen molar-refractivity contribution in [3.05, 3.63) is 167 Å². The molecule has 0 unspecified atom stereocenters. The van der Waals surface area contributed by atoms with Gasteiger partial charge >= 0.3 is 0 Å². The Balaban J connectivity index is 0.00000648. The van der Waals surface area contributed by atoms with Crippen molar-refractivity contribution in [3.8, 4) is 67.5 Å². The number of aromatic nitrogens is 3. The molecule has 6 aromatic carbocycles. The first kappa shape index (κ1) is 35.2. The van der Waals surface area contributed by atoms with Gasteiger partial charge in [0.2, 0.25) is 0 Å². The summed E-state index contributed by atoms with van der Waals surface area (Å²) in [4.78, 5) is 10.1. The molecule has 1 N–H and O–H groups in total. The summed E-state index contributed by atoms with van der Waals surface area (Å²) in [5.74, 6) is -0.292. The van der Waals surface area contributed by atoms with E-state index >= 15 is 0 Å². The molecule has 0 aliphatic heterocycles. The van der Waals surface area contributed by atoms with E-state index < -0.39 is 24.0 Å². The number of hydrogen-bond acceptors (Lipinski definition) is 3. The summed E-state index contributed by atoms with van der Waals surface area (Å²) in [6.45, 7) is 20.8. The third-order valence-electron chi connectivity index (χ3n) is 11.0. The van der Waals surface area contributed by atoms with Crippen molar-refractivity contribution in [1.29, 1.82) is 0 Å². The molecule has 60 heavy (non-hydrogen) atoms. The van der Waals surface area contributed by atoms with Crippen LogP contribution in [0.5, 0.6) is 5.75 Å². The van der Waals surface area contributed by atoms with E-state index in [4.69, 9.17) is 16.8 Å². The molecule has 0 aliphatic rings. The maximum atomic E-state index is 11.8. The van der Waals surface area contributed by atoms with Gasteiger partial charge in [0, 0.05) is 40.0 Å². The monoisotopic (exact) mass is 973 g/mol. The van der Waals surface area contributed by atoms with E-state index in [0.29, 0.717) is 33.7 Å². The molecule has 8 aromatic rings. The molecule has 4 nitrogen and oxygen atoms in total. The van der Waals surface area contributed by atoms with Crippen LogP contribution in [0.3, 0.4) is 0 Å². The predicted octanol–water partition coefficient (Wildman–Crippen LogP) is 14.6. The van der Waals surface area contributed by atoms with Crippen LogP contribution >= 0.6 is 0 Å². The summed E-state index contributed by atoms with van der Waals surface area (Å²) < 4.78 is 53.6. The molecule has 0 spiro atoms. The van der Waals surface area contributed by atoms with E-state index in [0.717, 1.165) is 55.7 Å². The number of nitrogens with zero attached hydrogens (tertiary/aromatic N) is 3. The minimum atomic E-state index is -0.979. The van der Waals surface area contributed by atoms with Gasteiger partial charge in [-0.15, -0.1) is 29.3 Å². The standard InChI is InChI=1S/C55H54N3O.Pt/c1-34(2)46-33-42(23-24-44(46)45-19-14-15-21-48(45)55(8,9)10)58-50-22-16-20-43(51(50)57-53(58)47-28-35(3)27-36(4)52(47)59)39-29-40(31-41(30-39)54(5,6)7)49-32-38(25-26-56-49)37-17-12-11-13-18-37;/h11-28,30-34,59H,1-10H3;/q-1;/i11D,12D,13D,17D,18D,34D;. The Morgan fingerprint density at radius 1 is 0.717 bits per heavy atom. The number of benzene rings is 6. The van der Waals surface area contributed by atoms with Gasteiger partial charge in [-0.3, -0.25) is 9.55 Å². The summed E-state index contributed by atoms with van der Waals surface area (Å²) in [6.07, 6.45) is 1.59. The van der Waals surface area contributed by atoms with Gasteiger partial charge in [-0.25, -0.2) is 4.98 Å². The van der Waals surface area contributed by atoms with Crippen LogP contribution in [0.2, 0.25) is 0 Å². The molecule has 0 saturated heterocycles. The minimum Gasteiger partial charge on any atom is -0.507 e. The van der Waals surface area contributed by atoms with Crippen molar-refractivity contribution in [2.75, 3.05) is 0 Å². The topological polar surface area (TPSA) is 50.9 Å². The van der Waals surface area contributed by atoms with Gasteiger partial charge in [0.1, 0.15) is 11.6 Å². The number of pyridine rings is 1. The maximum absolute atomic E-state index is 11.8. The molecule has 0 radical (unpaired) electrons. The molecule has 2 aromatic heterocycles. The zero-order valence-corrected chi connectivity index (χ0v) is 38.2. The minimum absolute atomic E-state index is 0. The Labute approximate surface area is 379 Å². The van der Waals surface area contributed by atoms with Gasteiger partial charge in [0.15, 0.2) is 0 Å². The van der Waals surface area contributed by atoms with Crippen molar-refractivity contribution in [2.45, 2.75) is 86.0 Å². The van der Waals surface area contributed by atoms with Crippen molar-refractivity contribution in [3.63, 3.8) is 0 Å². The number of aryl methyl sites for hydroxylation is 2. The van der Waals surface area contributed by atoms with Gasteiger partial charge in [-0.05, 0) is 105 Å². The first-order chi connectivity index (χ1) is 30.4. The van der Waals surface area contributed by atoms with Crippen LogP contribution in [0, 0.1) is 19.9 Å². The molecule has 0 aliphatic carbocycles. The fourth-order valence-corrected chi connectivity index (χ4v) is 7.99. The van der Waals surface area contributed by atoms with Crippen molar-refractivity contribution < 1.29 is 34.4 Å². The normalized spacial score (nSPS) is 13.5. The van der Waals surface area contributed by atoms with Gasteiger partial charge in [0.25, 0.3) is 0 Å². The van der Waals surface area contributed by atoms with Crippen molar-refractivity contribution in [1.82, 2.24) is 14.5 Å². The number of aromatic hydroxyl groups is 1. The molecule has 0 amide bonds. The SMILES string of the molecule is [2H]c1c([2H])c([2H])c(-c2ccnc(-c3[c-]c(-c4cccc5c4nc(-c4cc(C)cc(C)c4O)n5-c4ccc(-c5ccccc5C(C)(C)C)c(C([2H])(C)C)c4)cc(C(C)(C)C)c3)c2)c([2H])c1[2H].[Pt]. The van der Waals surface area contributed by atoms with Crippen molar-refractivity contribution >= 4 is 11.0 Å². The Kier molecular flexibility index (Phi) is 9.67. The fourth-order valence-electron chi connectivity index (χ4n) is 7.99. The summed E-state index contributed by atoms with van der Waals surface area (Å²) in [6, 6.07) is 34.1. The zero-order chi connectivity index (χ0) is 47.1. The molecule has 306 valence electrons. The molecule has 0 fully saturated rings. The smallest absolute Gasteiger partial charge is 0.148 e. The summed E-state index contributed by atoms with van der Waals surface area (Å²) in [7, 11) is 0. The third-order valence-corrected chi connectivity index (χ3v) is 11.0. The average molecular weight is 974 g/mol. The van der Waals surface area contributed by atoms with E-state index in [1.165, 1.54) is 5.56 Å². The van der Waals surface area contributed by atoms with Crippen LogP contribution < -0.4 is 0 Å². The van der Waals surface area contributed by atoms with E-state index in [9.17, 15) is 6.48 Å². The number of para-hydroxylation sites is 1. The quantitative estimate of drug-likeness (QED) is 0.162. The fraction of sp³-hybridized carbons (Fsp3) is 0.236. The number of fused-ring (bicyclic) bond motifs is 1. The molecule has 0 atom stereocenters. The van der Waals surface area contributed by atoms with Gasteiger partial charge in [-0.2, -0.15) is 0 Å². The average Bonchev–Trinajstić information content (AvgIpc) is 3.65. The van der Waals surface area contributed by atoms with E-state index in [-0.39, 0.29) is 55.3 Å². The second-order valence-corrected chi connectivity index (χ2v) is 17.8. The summed E-state index contributed by atoms with van der Waals surface area (Å²) >= 11 is 0. The maximum Gasteiger partial charge on any atom is 0.148 e. The predicted molar refractivity (Wildman–Crippen MR) is 248 cm³/mol. The Hall–Kier alpha value is -5.57. The van der Waals surface area contributed by atoms with Crippen LogP contribution in [-0.2, 0) is 31.9 Å². The summed E-state index contributed by atoms with van der Waals surface area (Å²) in [5.41, 5.74) is 12.6. The van der Waals surface area contributed by atoms with Crippen LogP contribution in [0.1, 0.15) is 97.3 Å². The third kappa shape index (κ3) is 8.15. The number of hydrogen-bond donors (Lipinski definition) is 1.